The minimum atomic E-state index is -0.00435. The van der Waals surface area contributed by atoms with E-state index in [1.807, 2.05) is 35.6 Å². The predicted octanol–water partition coefficient (Wildman–Crippen LogP) is 3.87. The van der Waals surface area contributed by atoms with Crippen molar-refractivity contribution in [2.24, 2.45) is 0 Å². The number of thiazole rings is 1. The minimum Gasteiger partial charge on any atom is -0.332 e. The van der Waals surface area contributed by atoms with Gasteiger partial charge in [-0.15, -0.1) is 11.3 Å². The first-order valence-corrected chi connectivity index (χ1v) is 10.0. The quantitative estimate of drug-likeness (QED) is 0.761. The molecule has 0 bridgehead atoms. The van der Waals surface area contributed by atoms with Gasteiger partial charge in [-0.2, -0.15) is 0 Å². The number of nitrogens with zero attached hydrogens (tertiary/aromatic N) is 4. The summed E-state index contributed by atoms with van der Waals surface area (Å²) in [5, 5.41) is 4.13. The van der Waals surface area contributed by atoms with Crippen molar-refractivity contribution in [3.63, 3.8) is 0 Å². The van der Waals surface area contributed by atoms with Gasteiger partial charge in [-0.05, 0) is 37.8 Å². The molecule has 1 aliphatic heterocycles. The number of hydrogen-bond acceptors (Lipinski definition) is 4. The summed E-state index contributed by atoms with van der Waals surface area (Å²) in [6, 6.07) is 8.82. The van der Waals surface area contributed by atoms with Crippen molar-refractivity contribution in [3.8, 4) is 0 Å². The fraction of sp³-hybridized carbons (Fsp3) is 0.421. The zero-order valence-electron chi connectivity index (χ0n) is 14.5. The fourth-order valence-electron chi connectivity index (χ4n) is 3.72. The van der Waals surface area contributed by atoms with E-state index < -0.39 is 0 Å². The van der Waals surface area contributed by atoms with Crippen LogP contribution in [0.1, 0.15) is 48.5 Å². The number of amides is 2. The molecule has 1 atom stereocenters. The Morgan fingerprint density at radius 3 is 3.00 bits per heavy atom. The molecule has 1 aliphatic carbocycles. The lowest BCUT2D eigenvalue weighted by molar-refractivity contribution is 0.192. The smallest absolute Gasteiger partial charge is 0.318 e. The summed E-state index contributed by atoms with van der Waals surface area (Å²) in [5.41, 5.74) is 2.10. The number of hydrogen-bond donors (Lipinski definition) is 1. The van der Waals surface area contributed by atoms with Crippen molar-refractivity contribution < 1.29 is 4.79 Å². The van der Waals surface area contributed by atoms with Crippen molar-refractivity contribution in [2.45, 2.75) is 44.3 Å². The van der Waals surface area contributed by atoms with Crippen LogP contribution in [0.15, 0.2) is 36.8 Å². The lowest BCUT2D eigenvalue weighted by Crippen LogP contribution is -2.39. The molecule has 1 aromatic carbocycles. The lowest BCUT2D eigenvalue weighted by atomic mass is 10.2. The maximum absolute atomic E-state index is 12.8. The number of nitrogens with one attached hydrogen (secondary N) is 1. The highest BCUT2D eigenvalue weighted by Gasteiger charge is 2.32. The third kappa shape index (κ3) is 2.86. The average molecular weight is 367 g/mol. The summed E-state index contributed by atoms with van der Waals surface area (Å²) in [4.78, 5) is 23.7. The van der Waals surface area contributed by atoms with Crippen molar-refractivity contribution in [1.82, 2.24) is 24.8 Å². The Bertz CT molecular complexity index is 911. The first-order chi connectivity index (χ1) is 12.8. The highest BCUT2D eigenvalue weighted by atomic mass is 32.1. The van der Waals surface area contributed by atoms with E-state index in [0.29, 0.717) is 12.6 Å². The van der Waals surface area contributed by atoms with Crippen LogP contribution in [0.5, 0.6) is 0 Å². The molecule has 7 heteroatoms. The third-order valence-electron chi connectivity index (χ3n) is 5.22. The highest BCUT2D eigenvalue weighted by molar-refractivity contribution is 7.18. The lowest BCUT2D eigenvalue weighted by Gasteiger charge is -2.23. The Labute approximate surface area is 155 Å². The van der Waals surface area contributed by atoms with Gasteiger partial charge in [0.2, 0.25) is 0 Å². The van der Waals surface area contributed by atoms with E-state index in [0.717, 1.165) is 35.6 Å². The number of aromatic nitrogens is 3. The van der Waals surface area contributed by atoms with E-state index in [1.54, 1.807) is 11.3 Å². The van der Waals surface area contributed by atoms with Crippen LogP contribution in [0.3, 0.4) is 0 Å². The maximum atomic E-state index is 12.8. The zero-order chi connectivity index (χ0) is 17.5. The summed E-state index contributed by atoms with van der Waals surface area (Å²) < 4.78 is 3.37. The Hall–Kier alpha value is -2.41. The summed E-state index contributed by atoms with van der Waals surface area (Å²) in [6.45, 7) is 1.31. The van der Waals surface area contributed by atoms with Crippen LogP contribution in [0.2, 0.25) is 0 Å². The van der Waals surface area contributed by atoms with E-state index in [2.05, 4.69) is 20.9 Å². The number of fused-ring (bicyclic) bond motifs is 1. The fourth-order valence-corrected chi connectivity index (χ4v) is 4.83. The highest BCUT2D eigenvalue weighted by Crippen LogP contribution is 2.37. The molecule has 134 valence electrons. The predicted molar refractivity (Wildman–Crippen MR) is 101 cm³/mol. The third-order valence-corrected chi connectivity index (χ3v) is 6.35. The molecule has 3 heterocycles. The van der Waals surface area contributed by atoms with Crippen LogP contribution in [-0.4, -0.2) is 32.0 Å². The van der Waals surface area contributed by atoms with E-state index in [1.165, 1.54) is 17.5 Å². The van der Waals surface area contributed by atoms with Gasteiger partial charge in [-0.3, -0.25) is 0 Å². The molecule has 2 fully saturated rings. The second-order valence-corrected chi connectivity index (χ2v) is 8.12. The van der Waals surface area contributed by atoms with Crippen LogP contribution in [0.25, 0.3) is 10.2 Å². The van der Waals surface area contributed by atoms with Gasteiger partial charge in [-0.25, -0.2) is 14.8 Å². The molecular formula is C19H21N5OS. The zero-order valence-corrected chi connectivity index (χ0v) is 15.3. The van der Waals surface area contributed by atoms with Gasteiger partial charge in [0.1, 0.15) is 5.01 Å². The first-order valence-electron chi connectivity index (χ1n) is 9.20. The summed E-state index contributed by atoms with van der Waals surface area (Å²) in [5.74, 6) is 0. The number of carbonyl (C=O) groups excluding carboxylic acids is 1. The van der Waals surface area contributed by atoms with Crippen LogP contribution in [0.4, 0.5) is 4.79 Å². The summed E-state index contributed by atoms with van der Waals surface area (Å²) >= 11 is 1.70. The van der Waals surface area contributed by atoms with E-state index in [4.69, 9.17) is 4.98 Å². The molecule has 3 aromatic rings. The van der Waals surface area contributed by atoms with Crippen LogP contribution < -0.4 is 5.32 Å². The maximum Gasteiger partial charge on any atom is 0.318 e. The van der Waals surface area contributed by atoms with Gasteiger partial charge in [0.15, 0.2) is 0 Å². The van der Waals surface area contributed by atoms with E-state index >= 15 is 0 Å². The number of urea groups is 1. The Morgan fingerprint density at radius 1 is 1.27 bits per heavy atom. The standard InChI is InChI=1S/C19H21N5OS/c25-19(21-11-14-10-20-12-24(14)13-7-8-13)23-9-3-5-16(23)18-22-15-4-1-2-6-17(15)26-18/h1-2,4,6,10,12-13,16H,3,5,7-9,11H2,(H,21,25)/t16-/m0/s1. The molecule has 26 heavy (non-hydrogen) atoms. The first kappa shape index (κ1) is 15.8. The van der Waals surface area contributed by atoms with Crippen LogP contribution in [0, 0.1) is 0 Å². The molecule has 2 aliphatic rings. The second kappa shape index (κ2) is 6.39. The summed E-state index contributed by atoms with van der Waals surface area (Å²) in [7, 11) is 0. The number of para-hydroxylation sites is 1. The molecule has 2 amide bonds. The molecule has 0 unspecified atom stereocenters. The Balaban J connectivity index is 1.30. The normalized spacial score (nSPS) is 20.0. The monoisotopic (exact) mass is 367 g/mol. The van der Waals surface area contributed by atoms with Gasteiger partial charge in [0.05, 0.1) is 34.8 Å². The van der Waals surface area contributed by atoms with Crippen LogP contribution >= 0.6 is 11.3 Å². The van der Waals surface area contributed by atoms with Crippen molar-refractivity contribution in [2.75, 3.05) is 6.54 Å². The molecular weight excluding hydrogens is 346 g/mol. The van der Waals surface area contributed by atoms with Crippen molar-refractivity contribution in [3.05, 3.63) is 47.5 Å². The largest absolute Gasteiger partial charge is 0.332 e. The molecule has 1 saturated carbocycles. The SMILES string of the molecule is O=C(NCc1cncn1C1CC1)N1CCC[C@H]1c1nc2ccccc2s1. The van der Waals surface area contributed by atoms with E-state index in [9.17, 15) is 4.79 Å². The Morgan fingerprint density at radius 2 is 2.15 bits per heavy atom. The molecule has 0 spiro atoms. The van der Waals surface area contributed by atoms with Gasteiger partial charge in [-0.1, -0.05) is 12.1 Å². The molecule has 5 rings (SSSR count). The minimum absolute atomic E-state index is 0.00435. The number of carbonyl (C=O) groups is 1. The van der Waals surface area contributed by atoms with Crippen molar-refractivity contribution in [1.29, 1.82) is 0 Å². The second-order valence-electron chi connectivity index (χ2n) is 7.05. The molecule has 1 saturated heterocycles. The van der Waals surface area contributed by atoms with Gasteiger partial charge in [0, 0.05) is 18.8 Å². The number of likely N-dealkylation sites (tertiary alicyclic amines) is 1. The van der Waals surface area contributed by atoms with Gasteiger partial charge >= 0.3 is 6.03 Å². The molecule has 6 nitrogen and oxygen atoms in total. The van der Waals surface area contributed by atoms with Crippen LogP contribution in [-0.2, 0) is 6.54 Å². The Kier molecular flexibility index (Phi) is 3.89. The van der Waals surface area contributed by atoms with Gasteiger partial charge < -0.3 is 14.8 Å². The van der Waals surface area contributed by atoms with Crippen molar-refractivity contribution >= 4 is 27.6 Å². The number of imidazole rings is 1. The summed E-state index contributed by atoms with van der Waals surface area (Å²) in [6.07, 6.45) is 8.15. The number of rotatable bonds is 4. The molecule has 0 radical (unpaired) electrons. The van der Waals surface area contributed by atoms with E-state index in [-0.39, 0.29) is 12.1 Å². The average Bonchev–Trinajstić information content (AvgIpc) is 3.09. The number of benzene rings is 1. The van der Waals surface area contributed by atoms with Gasteiger partial charge in [0.25, 0.3) is 0 Å². The molecule has 1 N–H and O–H groups in total. The topological polar surface area (TPSA) is 63.1 Å². The molecule has 2 aromatic heterocycles.